The first-order chi connectivity index (χ1) is 8.73. The molecule has 4 nitrogen and oxygen atoms in total. The molecule has 0 bridgehead atoms. The normalized spacial score (nSPS) is 12.8. The molecule has 0 fully saturated rings. The Balaban J connectivity index is 2.82. The van der Waals surface area contributed by atoms with Crippen molar-refractivity contribution in [3.05, 3.63) is 34.9 Å². The van der Waals surface area contributed by atoms with Crippen molar-refractivity contribution < 1.29 is 14.7 Å². The number of carbonyl (C=O) groups is 2. The lowest BCUT2D eigenvalue weighted by molar-refractivity contribution is -0.137. The second-order valence-electron chi connectivity index (χ2n) is 5.11. The van der Waals surface area contributed by atoms with Crippen molar-refractivity contribution in [1.82, 2.24) is 5.32 Å². The molecule has 1 atom stereocenters. The maximum atomic E-state index is 12.2. The summed E-state index contributed by atoms with van der Waals surface area (Å²) in [4.78, 5) is 22.8. The quantitative estimate of drug-likeness (QED) is 0.873. The lowest BCUT2D eigenvalue weighted by atomic mass is 9.83. The van der Waals surface area contributed by atoms with Crippen molar-refractivity contribution in [3.8, 4) is 0 Å². The molecule has 5 heteroatoms. The minimum atomic E-state index is -0.937. The summed E-state index contributed by atoms with van der Waals surface area (Å²) >= 11 is 5.92. The molecule has 0 aromatic heterocycles. The summed E-state index contributed by atoms with van der Waals surface area (Å²) in [6.45, 7) is 5.23. The van der Waals surface area contributed by atoms with Crippen LogP contribution in [0.3, 0.4) is 0 Å². The topological polar surface area (TPSA) is 66.4 Å². The third kappa shape index (κ3) is 4.24. The number of benzene rings is 1. The molecule has 1 rings (SSSR count). The van der Waals surface area contributed by atoms with E-state index in [1.165, 1.54) is 0 Å². The van der Waals surface area contributed by atoms with Crippen LogP contribution >= 0.6 is 11.6 Å². The Bertz CT molecular complexity index is 485. The van der Waals surface area contributed by atoms with Crippen LogP contribution in [0.1, 0.15) is 32.8 Å². The fraction of sp³-hybridized carbons (Fsp3) is 0.429. The molecular formula is C14H18ClNO3. The zero-order chi connectivity index (χ0) is 14.6. The van der Waals surface area contributed by atoms with E-state index in [1.54, 1.807) is 39.0 Å². The van der Waals surface area contributed by atoms with Crippen molar-refractivity contribution in [3.63, 3.8) is 0 Å². The van der Waals surface area contributed by atoms with E-state index >= 15 is 0 Å². The van der Waals surface area contributed by atoms with Crippen LogP contribution in [0, 0.1) is 0 Å². The number of halogens is 1. The van der Waals surface area contributed by atoms with Crippen LogP contribution in [-0.4, -0.2) is 23.0 Å². The molecule has 0 aliphatic rings. The summed E-state index contributed by atoms with van der Waals surface area (Å²) in [6.07, 6.45) is -0.0998. The standard InChI is InChI=1S/C14H18ClNO3/c1-9(7-12(17)18)16-13(19)14(2,3)10-5-4-6-11(15)8-10/h4-6,8-9H,7H2,1-3H3,(H,16,19)(H,17,18). The van der Waals surface area contributed by atoms with Crippen LogP contribution in [0.25, 0.3) is 0 Å². The van der Waals surface area contributed by atoms with E-state index in [0.29, 0.717) is 5.02 Å². The number of nitrogens with one attached hydrogen (secondary N) is 1. The van der Waals surface area contributed by atoms with Crippen LogP contribution in [0.5, 0.6) is 0 Å². The van der Waals surface area contributed by atoms with Gasteiger partial charge in [0.15, 0.2) is 0 Å². The van der Waals surface area contributed by atoms with E-state index in [4.69, 9.17) is 16.7 Å². The average molecular weight is 284 g/mol. The number of rotatable bonds is 5. The van der Waals surface area contributed by atoms with Crippen LogP contribution in [-0.2, 0) is 15.0 Å². The lowest BCUT2D eigenvalue weighted by Crippen LogP contribution is -2.44. The van der Waals surface area contributed by atoms with Crippen LogP contribution in [0.15, 0.2) is 24.3 Å². The largest absolute Gasteiger partial charge is 0.481 e. The van der Waals surface area contributed by atoms with Gasteiger partial charge in [-0.05, 0) is 38.5 Å². The highest BCUT2D eigenvalue weighted by molar-refractivity contribution is 6.30. The van der Waals surface area contributed by atoms with Crippen LogP contribution in [0.2, 0.25) is 5.02 Å². The minimum absolute atomic E-state index is 0.0998. The molecule has 104 valence electrons. The summed E-state index contributed by atoms with van der Waals surface area (Å²) in [5.41, 5.74) is 0.0255. The molecular weight excluding hydrogens is 266 g/mol. The molecule has 1 unspecified atom stereocenters. The van der Waals surface area contributed by atoms with Gasteiger partial charge in [-0.3, -0.25) is 9.59 Å². The summed E-state index contributed by atoms with van der Waals surface area (Å²) < 4.78 is 0. The first-order valence-electron chi connectivity index (χ1n) is 6.02. The van der Waals surface area contributed by atoms with Crippen LogP contribution < -0.4 is 5.32 Å². The Morgan fingerprint density at radius 2 is 2.05 bits per heavy atom. The van der Waals surface area contributed by atoms with Gasteiger partial charge < -0.3 is 10.4 Å². The zero-order valence-electron chi connectivity index (χ0n) is 11.2. The van der Waals surface area contributed by atoms with Crippen molar-refractivity contribution in [2.45, 2.75) is 38.6 Å². The van der Waals surface area contributed by atoms with E-state index in [1.807, 2.05) is 6.07 Å². The van der Waals surface area contributed by atoms with Crippen LogP contribution in [0.4, 0.5) is 0 Å². The van der Waals surface area contributed by atoms with E-state index in [2.05, 4.69) is 5.32 Å². The Morgan fingerprint density at radius 3 is 2.58 bits per heavy atom. The first-order valence-corrected chi connectivity index (χ1v) is 6.40. The SMILES string of the molecule is CC(CC(=O)O)NC(=O)C(C)(C)c1cccc(Cl)c1. The smallest absolute Gasteiger partial charge is 0.305 e. The van der Waals surface area contributed by atoms with Gasteiger partial charge in [0.2, 0.25) is 5.91 Å². The Morgan fingerprint density at radius 1 is 1.42 bits per heavy atom. The van der Waals surface area contributed by atoms with E-state index in [9.17, 15) is 9.59 Å². The Kier molecular flexibility index (Phi) is 4.95. The second-order valence-corrected chi connectivity index (χ2v) is 5.54. The maximum Gasteiger partial charge on any atom is 0.305 e. The van der Waals surface area contributed by atoms with Gasteiger partial charge in [-0.15, -0.1) is 0 Å². The second kappa shape index (κ2) is 6.06. The number of carbonyl (C=O) groups excluding carboxylic acids is 1. The third-order valence-corrected chi connectivity index (χ3v) is 3.21. The predicted octanol–water partition coefficient (Wildman–Crippen LogP) is 2.60. The van der Waals surface area contributed by atoms with Gasteiger partial charge in [0, 0.05) is 11.1 Å². The molecule has 0 heterocycles. The highest BCUT2D eigenvalue weighted by atomic mass is 35.5. The van der Waals surface area contributed by atoms with Crippen molar-refractivity contribution in [1.29, 1.82) is 0 Å². The number of amides is 1. The van der Waals surface area contributed by atoms with E-state index in [0.717, 1.165) is 5.56 Å². The molecule has 0 spiro atoms. The molecule has 1 aromatic carbocycles. The van der Waals surface area contributed by atoms with Crippen molar-refractivity contribution in [2.24, 2.45) is 0 Å². The van der Waals surface area contributed by atoms with Gasteiger partial charge in [0.25, 0.3) is 0 Å². The van der Waals surface area contributed by atoms with E-state index < -0.39 is 17.4 Å². The molecule has 19 heavy (non-hydrogen) atoms. The molecule has 2 N–H and O–H groups in total. The number of carboxylic acids is 1. The lowest BCUT2D eigenvalue weighted by Gasteiger charge is -2.26. The van der Waals surface area contributed by atoms with Gasteiger partial charge in [0.1, 0.15) is 0 Å². The van der Waals surface area contributed by atoms with Gasteiger partial charge >= 0.3 is 5.97 Å². The molecule has 0 radical (unpaired) electrons. The van der Waals surface area contributed by atoms with Gasteiger partial charge in [-0.25, -0.2) is 0 Å². The first kappa shape index (κ1) is 15.5. The minimum Gasteiger partial charge on any atom is -0.481 e. The van der Waals surface area contributed by atoms with Gasteiger partial charge in [0.05, 0.1) is 11.8 Å². The highest BCUT2D eigenvalue weighted by Gasteiger charge is 2.30. The molecule has 0 aliphatic heterocycles. The molecule has 0 aliphatic carbocycles. The third-order valence-electron chi connectivity index (χ3n) is 2.97. The molecule has 0 saturated heterocycles. The molecule has 1 amide bonds. The number of carboxylic acid groups (broad SMARTS) is 1. The molecule has 1 aromatic rings. The van der Waals surface area contributed by atoms with E-state index in [-0.39, 0.29) is 12.3 Å². The Labute approximate surface area is 117 Å². The summed E-state index contributed by atoms with van der Waals surface area (Å²) in [5.74, 6) is -1.16. The fourth-order valence-electron chi connectivity index (χ4n) is 1.73. The molecule has 0 saturated carbocycles. The number of aliphatic carboxylic acids is 1. The maximum absolute atomic E-state index is 12.2. The summed E-state index contributed by atoms with van der Waals surface area (Å²) in [5, 5.41) is 12.0. The van der Waals surface area contributed by atoms with Crippen molar-refractivity contribution in [2.75, 3.05) is 0 Å². The van der Waals surface area contributed by atoms with Gasteiger partial charge in [-0.2, -0.15) is 0 Å². The zero-order valence-corrected chi connectivity index (χ0v) is 12.0. The Hall–Kier alpha value is -1.55. The number of hydrogen-bond donors (Lipinski definition) is 2. The highest BCUT2D eigenvalue weighted by Crippen LogP contribution is 2.26. The predicted molar refractivity (Wildman–Crippen MR) is 74.3 cm³/mol. The summed E-state index contributed by atoms with van der Waals surface area (Å²) in [6, 6.07) is 6.68. The number of hydrogen-bond acceptors (Lipinski definition) is 2. The van der Waals surface area contributed by atoms with Gasteiger partial charge in [-0.1, -0.05) is 23.7 Å². The fourth-order valence-corrected chi connectivity index (χ4v) is 1.92. The average Bonchev–Trinajstić information content (AvgIpc) is 2.27. The monoisotopic (exact) mass is 283 g/mol. The summed E-state index contributed by atoms with van der Waals surface area (Å²) in [7, 11) is 0. The van der Waals surface area contributed by atoms with Crippen molar-refractivity contribution >= 4 is 23.5 Å².